The molecule has 1 aliphatic heterocycles. The van der Waals surface area contributed by atoms with E-state index in [9.17, 15) is 0 Å². The van der Waals surface area contributed by atoms with Crippen molar-refractivity contribution < 1.29 is 4.74 Å². The Balaban J connectivity index is 2.57. The highest BCUT2D eigenvalue weighted by molar-refractivity contribution is 9.10. The Morgan fingerprint density at radius 3 is 3.08 bits per heavy atom. The zero-order valence-corrected chi connectivity index (χ0v) is 9.10. The third kappa shape index (κ3) is 1.56. The molecule has 0 amide bonds. The number of ether oxygens (including phenoxy) is 1. The number of fused-ring (bicyclic) bond motifs is 1. The molecule has 0 aromatic heterocycles. The summed E-state index contributed by atoms with van der Waals surface area (Å²) in [7, 11) is 0. The first-order valence-electron chi connectivity index (χ1n) is 4.27. The van der Waals surface area contributed by atoms with Gasteiger partial charge in [-0.25, -0.2) is 0 Å². The molecular formula is C11H11BrO. The van der Waals surface area contributed by atoms with Crippen molar-refractivity contribution in [1.29, 1.82) is 0 Å². The van der Waals surface area contributed by atoms with Crippen molar-refractivity contribution in [2.45, 2.75) is 13.0 Å². The normalized spacial score (nSPS) is 21.4. The second-order valence-electron chi connectivity index (χ2n) is 3.29. The Morgan fingerprint density at radius 1 is 1.54 bits per heavy atom. The van der Waals surface area contributed by atoms with E-state index in [-0.39, 0.29) is 6.10 Å². The monoisotopic (exact) mass is 238 g/mol. The summed E-state index contributed by atoms with van der Waals surface area (Å²) in [4.78, 5) is 0. The average Bonchev–Trinajstić information content (AvgIpc) is 2.12. The Labute approximate surface area is 86.5 Å². The molecule has 0 fully saturated rings. The predicted molar refractivity (Wildman–Crippen MR) is 57.5 cm³/mol. The van der Waals surface area contributed by atoms with Crippen molar-refractivity contribution >= 4 is 21.5 Å². The van der Waals surface area contributed by atoms with E-state index >= 15 is 0 Å². The number of hydrogen-bond acceptors (Lipinski definition) is 1. The van der Waals surface area contributed by atoms with E-state index < -0.39 is 0 Å². The van der Waals surface area contributed by atoms with Gasteiger partial charge in [-0.3, -0.25) is 0 Å². The van der Waals surface area contributed by atoms with Gasteiger partial charge in [-0.2, -0.15) is 0 Å². The molecule has 1 aromatic rings. The summed E-state index contributed by atoms with van der Waals surface area (Å²) in [6.07, 6.45) is 0.179. The van der Waals surface area contributed by atoms with Crippen LogP contribution in [0.3, 0.4) is 0 Å². The van der Waals surface area contributed by atoms with Crippen LogP contribution >= 0.6 is 15.9 Å². The van der Waals surface area contributed by atoms with Gasteiger partial charge in [0.15, 0.2) is 0 Å². The molecule has 0 aliphatic carbocycles. The smallest absolute Gasteiger partial charge is 0.0807 e. The van der Waals surface area contributed by atoms with Crippen molar-refractivity contribution in [3.63, 3.8) is 0 Å². The van der Waals surface area contributed by atoms with E-state index in [2.05, 4.69) is 41.6 Å². The molecule has 2 rings (SSSR count). The van der Waals surface area contributed by atoms with Crippen LogP contribution in [0.5, 0.6) is 0 Å². The number of rotatable bonds is 0. The number of halogens is 1. The molecule has 2 heteroatoms. The molecule has 1 unspecified atom stereocenters. The quantitative estimate of drug-likeness (QED) is 0.672. The van der Waals surface area contributed by atoms with Gasteiger partial charge in [-0.15, -0.1) is 0 Å². The van der Waals surface area contributed by atoms with E-state index in [0.29, 0.717) is 6.61 Å². The van der Waals surface area contributed by atoms with E-state index in [4.69, 9.17) is 4.74 Å². The summed E-state index contributed by atoms with van der Waals surface area (Å²) in [5, 5.41) is 0. The van der Waals surface area contributed by atoms with Gasteiger partial charge in [-0.1, -0.05) is 28.6 Å². The summed E-state index contributed by atoms with van der Waals surface area (Å²) >= 11 is 3.45. The molecule has 0 saturated heterocycles. The molecule has 1 atom stereocenters. The Kier molecular flexibility index (Phi) is 2.26. The van der Waals surface area contributed by atoms with Crippen molar-refractivity contribution in [3.8, 4) is 0 Å². The van der Waals surface area contributed by atoms with Gasteiger partial charge in [0.1, 0.15) is 0 Å². The fourth-order valence-electron chi connectivity index (χ4n) is 1.59. The molecule has 1 aromatic carbocycles. The fraction of sp³-hybridized carbons (Fsp3) is 0.273. The first-order valence-corrected chi connectivity index (χ1v) is 5.07. The second-order valence-corrected chi connectivity index (χ2v) is 4.20. The number of hydrogen-bond donors (Lipinski definition) is 0. The molecule has 0 N–H and O–H groups in total. The van der Waals surface area contributed by atoms with Crippen molar-refractivity contribution in [2.24, 2.45) is 0 Å². The summed E-state index contributed by atoms with van der Waals surface area (Å²) in [5.41, 5.74) is 3.54. The Hall–Kier alpha value is -0.600. The average molecular weight is 239 g/mol. The van der Waals surface area contributed by atoms with Crippen LogP contribution < -0.4 is 0 Å². The lowest BCUT2D eigenvalue weighted by Crippen LogP contribution is -2.12. The first-order chi connectivity index (χ1) is 6.18. The van der Waals surface area contributed by atoms with E-state index in [1.54, 1.807) is 0 Å². The minimum Gasteiger partial charge on any atom is -0.369 e. The van der Waals surface area contributed by atoms with Crippen LogP contribution in [0.4, 0.5) is 0 Å². The lowest BCUT2D eigenvalue weighted by atomic mass is 9.96. The van der Waals surface area contributed by atoms with E-state index in [0.717, 1.165) is 10.0 Å². The maximum absolute atomic E-state index is 5.55. The zero-order valence-electron chi connectivity index (χ0n) is 7.51. The van der Waals surface area contributed by atoms with Crippen LogP contribution in [0, 0.1) is 0 Å². The minimum absolute atomic E-state index is 0.179. The van der Waals surface area contributed by atoms with Gasteiger partial charge < -0.3 is 4.74 Å². The summed E-state index contributed by atoms with van der Waals surface area (Å²) in [6, 6.07) is 6.24. The van der Waals surface area contributed by atoms with Crippen LogP contribution in [0.15, 0.2) is 29.3 Å². The van der Waals surface area contributed by atoms with Gasteiger partial charge in [0.05, 0.1) is 12.7 Å². The van der Waals surface area contributed by atoms with Crippen LogP contribution in [-0.4, -0.2) is 6.61 Å². The van der Waals surface area contributed by atoms with E-state index in [1.165, 1.54) is 11.1 Å². The predicted octanol–water partition coefficient (Wildman–Crippen LogP) is 3.55. The molecule has 68 valence electrons. The fourth-order valence-corrected chi connectivity index (χ4v) is 1.96. The standard InChI is InChI=1S/C11H11BrO/c1-7-6-13-8(2)11-5-9(12)3-4-10(7)11/h3-5,8H,1,6H2,2H3. The molecule has 1 aliphatic rings. The highest BCUT2D eigenvalue weighted by Gasteiger charge is 2.18. The zero-order chi connectivity index (χ0) is 9.42. The van der Waals surface area contributed by atoms with E-state index in [1.807, 2.05) is 6.07 Å². The lowest BCUT2D eigenvalue weighted by molar-refractivity contribution is 0.0858. The third-order valence-electron chi connectivity index (χ3n) is 2.34. The van der Waals surface area contributed by atoms with Crippen LogP contribution in [0.2, 0.25) is 0 Å². The molecule has 13 heavy (non-hydrogen) atoms. The van der Waals surface area contributed by atoms with Gasteiger partial charge in [0, 0.05) is 4.47 Å². The lowest BCUT2D eigenvalue weighted by Gasteiger charge is -2.24. The van der Waals surface area contributed by atoms with Gasteiger partial charge >= 0.3 is 0 Å². The minimum atomic E-state index is 0.179. The highest BCUT2D eigenvalue weighted by Crippen LogP contribution is 2.33. The molecule has 1 nitrogen and oxygen atoms in total. The summed E-state index contributed by atoms with van der Waals surface area (Å²) in [6.45, 7) is 6.70. The third-order valence-corrected chi connectivity index (χ3v) is 2.83. The second kappa shape index (κ2) is 3.28. The SMILES string of the molecule is C=C1COC(C)c2cc(Br)ccc21. The maximum atomic E-state index is 5.55. The Morgan fingerprint density at radius 2 is 2.31 bits per heavy atom. The summed E-state index contributed by atoms with van der Waals surface area (Å²) < 4.78 is 6.65. The Bertz CT molecular complexity index is 357. The van der Waals surface area contributed by atoms with Crippen LogP contribution in [0.1, 0.15) is 24.2 Å². The summed E-state index contributed by atoms with van der Waals surface area (Å²) in [5.74, 6) is 0. The first kappa shape index (κ1) is 8.97. The topological polar surface area (TPSA) is 9.23 Å². The number of benzene rings is 1. The van der Waals surface area contributed by atoms with Crippen LogP contribution in [-0.2, 0) is 4.74 Å². The van der Waals surface area contributed by atoms with Crippen molar-refractivity contribution in [1.82, 2.24) is 0 Å². The van der Waals surface area contributed by atoms with Gasteiger partial charge in [0.2, 0.25) is 0 Å². The molecular weight excluding hydrogens is 228 g/mol. The molecule has 0 radical (unpaired) electrons. The molecule has 0 saturated carbocycles. The maximum Gasteiger partial charge on any atom is 0.0807 e. The molecule has 1 heterocycles. The largest absolute Gasteiger partial charge is 0.369 e. The van der Waals surface area contributed by atoms with Crippen molar-refractivity contribution in [3.05, 3.63) is 40.4 Å². The van der Waals surface area contributed by atoms with Crippen LogP contribution in [0.25, 0.3) is 5.57 Å². The molecule has 0 bridgehead atoms. The highest BCUT2D eigenvalue weighted by atomic mass is 79.9. The molecule has 0 spiro atoms. The van der Waals surface area contributed by atoms with Gasteiger partial charge in [-0.05, 0) is 35.8 Å². The van der Waals surface area contributed by atoms with Gasteiger partial charge in [0.25, 0.3) is 0 Å². The van der Waals surface area contributed by atoms with Crippen molar-refractivity contribution in [2.75, 3.05) is 6.61 Å².